The van der Waals surface area contributed by atoms with Gasteiger partial charge in [0.25, 0.3) is 0 Å². The second-order valence-electron chi connectivity index (χ2n) is 4.78. The number of ether oxygens (including phenoxy) is 1. The molecule has 0 fully saturated rings. The molecule has 2 aromatic rings. The van der Waals surface area contributed by atoms with Crippen molar-refractivity contribution in [3.05, 3.63) is 42.5 Å². The standard InChI is InChI=1S/C14H19N3O3S/c1-12-15-8-9-17(12)10-11-20-13-4-6-14(7-5-13)21(18,19)16(2)3/h4-9H,10-11H2,1-3H3. The lowest BCUT2D eigenvalue weighted by molar-refractivity contribution is 0.297. The number of sulfonamides is 1. The fourth-order valence-electron chi connectivity index (χ4n) is 1.82. The van der Waals surface area contributed by atoms with E-state index in [1.165, 1.54) is 18.4 Å². The highest BCUT2D eigenvalue weighted by molar-refractivity contribution is 7.89. The summed E-state index contributed by atoms with van der Waals surface area (Å²) in [5.74, 6) is 1.58. The average molecular weight is 309 g/mol. The number of hydrogen-bond donors (Lipinski definition) is 0. The van der Waals surface area contributed by atoms with E-state index < -0.39 is 10.0 Å². The minimum absolute atomic E-state index is 0.255. The molecule has 0 aliphatic carbocycles. The monoisotopic (exact) mass is 309 g/mol. The quantitative estimate of drug-likeness (QED) is 0.811. The van der Waals surface area contributed by atoms with Crippen molar-refractivity contribution >= 4 is 10.0 Å². The molecule has 0 bridgehead atoms. The zero-order valence-corrected chi connectivity index (χ0v) is 13.2. The van der Waals surface area contributed by atoms with Crippen molar-refractivity contribution in [2.45, 2.75) is 18.4 Å². The van der Waals surface area contributed by atoms with Crippen molar-refractivity contribution in [1.82, 2.24) is 13.9 Å². The van der Waals surface area contributed by atoms with Crippen molar-refractivity contribution in [1.29, 1.82) is 0 Å². The number of nitrogens with zero attached hydrogens (tertiary/aromatic N) is 3. The predicted molar refractivity (Wildman–Crippen MR) is 79.8 cm³/mol. The van der Waals surface area contributed by atoms with Gasteiger partial charge in [-0.15, -0.1) is 0 Å². The molecule has 0 saturated heterocycles. The summed E-state index contributed by atoms with van der Waals surface area (Å²) in [4.78, 5) is 4.39. The van der Waals surface area contributed by atoms with Crippen LogP contribution in [0.3, 0.4) is 0 Å². The van der Waals surface area contributed by atoms with Gasteiger partial charge in [-0.25, -0.2) is 17.7 Å². The third kappa shape index (κ3) is 3.62. The van der Waals surface area contributed by atoms with Gasteiger partial charge in [0, 0.05) is 26.5 Å². The summed E-state index contributed by atoms with van der Waals surface area (Å²) in [6, 6.07) is 6.43. The molecule has 0 atom stereocenters. The van der Waals surface area contributed by atoms with E-state index in [2.05, 4.69) is 4.98 Å². The van der Waals surface area contributed by atoms with Crippen molar-refractivity contribution in [3.63, 3.8) is 0 Å². The molecule has 0 aliphatic rings. The molecular weight excluding hydrogens is 290 g/mol. The maximum absolute atomic E-state index is 11.9. The minimum atomic E-state index is -3.39. The van der Waals surface area contributed by atoms with Gasteiger partial charge < -0.3 is 9.30 Å². The first-order valence-electron chi connectivity index (χ1n) is 6.54. The van der Waals surface area contributed by atoms with Crippen LogP contribution in [0.15, 0.2) is 41.6 Å². The highest BCUT2D eigenvalue weighted by atomic mass is 32.2. The van der Waals surface area contributed by atoms with E-state index in [4.69, 9.17) is 4.74 Å². The van der Waals surface area contributed by atoms with E-state index in [-0.39, 0.29) is 4.90 Å². The molecule has 1 aromatic carbocycles. The molecule has 0 saturated carbocycles. The van der Waals surface area contributed by atoms with Gasteiger partial charge in [-0.1, -0.05) is 0 Å². The molecule has 0 radical (unpaired) electrons. The molecule has 0 N–H and O–H groups in total. The molecule has 7 heteroatoms. The van der Waals surface area contributed by atoms with Crippen LogP contribution in [0.4, 0.5) is 0 Å². The Morgan fingerprint density at radius 1 is 1.24 bits per heavy atom. The summed E-state index contributed by atoms with van der Waals surface area (Å²) >= 11 is 0. The largest absolute Gasteiger partial charge is 0.492 e. The predicted octanol–water partition coefficient (Wildman–Crippen LogP) is 1.52. The minimum Gasteiger partial charge on any atom is -0.492 e. The third-order valence-electron chi connectivity index (χ3n) is 3.13. The Bertz CT molecular complexity index is 691. The van der Waals surface area contributed by atoms with Crippen molar-refractivity contribution < 1.29 is 13.2 Å². The van der Waals surface area contributed by atoms with Gasteiger partial charge >= 0.3 is 0 Å². The third-order valence-corrected chi connectivity index (χ3v) is 4.96. The highest BCUT2D eigenvalue weighted by Crippen LogP contribution is 2.18. The topological polar surface area (TPSA) is 64.4 Å². The lowest BCUT2D eigenvalue weighted by Crippen LogP contribution is -2.22. The lowest BCUT2D eigenvalue weighted by Gasteiger charge is -2.12. The molecule has 0 spiro atoms. The molecule has 21 heavy (non-hydrogen) atoms. The second-order valence-corrected chi connectivity index (χ2v) is 6.93. The summed E-state index contributed by atoms with van der Waals surface area (Å²) in [7, 11) is -0.376. The van der Waals surface area contributed by atoms with Crippen LogP contribution in [0.2, 0.25) is 0 Å². The summed E-state index contributed by atoms with van der Waals surface area (Å²) in [5.41, 5.74) is 0. The van der Waals surface area contributed by atoms with Crippen molar-refractivity contribution in [2.24, 2.45) is 0 Å². The van der Waals surface area contributed by atoms with Crippen LogP contribution in [-0.4, -0.2) is 43.0 Å². The van der Waals surface area contributed by atoms with Crippen LogP contribution in [-0.2, 0) is 16.6 Å². The molecule has 6 nitrogen and oxygen atoms in total. The molecular formula is C14H19N3O3S. The SMILES string of the molecule is Cc1nccn1CCOc1ccc(S(=O)(=O)N(C)C)cc1. The molecule has 0 aliphatic heterocycles. The van der Waals surface area contributed by atoms with Crippen LogP contribution in [0.25, 0.3) is 0 Å². The molecule has 1 heterocycles. The van der Waals surface area contributed by atoms with E-state index in [0.717, 1.165) is 5.82 Å². The Kier molecular flexibility index (Phi) is 4.64. The van der Waals surface area contributed by atoms with Crippen LogP contribution in [0, 0.1) is 6.92 Å². The van der Waals surface area contributed by atoms with Gasteiger partial charge in [-0.2, -0.15) is 0 Å². The molecule has 114 valence electrons. The smallest absolute Gasteiger partial charge is 0.242 e. The normalized spacial score (nSPS) is 11.8. The molecule has 0 amide bonds. The lowest BCUT2D eigenvalue weighted by atomic mass is 10.3. The maximum atomic E-state index is 11.9. The highest BCUT2D eigenvalue weighted by Gasteiger charge is 2.16. The Hall–Kier alpha value is -1.86. The Balaban J connectivity index is 1.96. The average Bonchev–Trinajstić information content (AvgIpc) is 2.85. The number of aryl methyl sites for hydroxylation is 1. The zero-order chi connectivity index (χ0) is 15.5. The number of hydrogen-bond acceptors (Lipinski definition) is 4. The number of aromatic nitrogens is 2. The van der Waals surface area contributed by atoms with Crippen molar-refractivity contribution in [3.8, 4) is 5.75 Å². The molecule has 0 unspecified atom stereocenters. The fourth-order valence-corrected chi connectivity index (χ4v) is 2.72. The Morgan fingerprint density at radius 3 is 2.43 bits per heavy atom. The van der Waals surface area contributed by atoms with Crippen LogP contribution in [0.5, 0.6) is 5.75 Å². The van der Waals surface area contributed by atoms with Crippen LogP contribution >= 0.6 is 0 Å². The Morgan fingerprint density at radius 2 is 1.90 bits per heavy atom. The van der Waals surface area contributed by atoms with Crippen LogP contribution in [0.1, 0.15) is 5.82 Å². The first-order valence-corrected chi connectivity index (χ1v) is 7.98. The number of benzene rings is 1. The molecule has 1 aromatic heterocycles. The zero-order valence-electron chi connectivity index (χ0n) is 12.4. The summed E-state index contributed by atoms with van der Waals surface area (Å²) in [6.07, 6.45) is 3.64. The number of imidazole rings is 1. The number of rotatable bonds is 6. The van der Waals surface area contributed by atoms with E-state index >= 15 is 0 Å². The first kappa shape index (κ1) is 15.5. The summed E-state index contributed by atoms with van der Waals surface area (Å²) in [6.45, 7) is 3.13. The van der Waals surface area contributed by atoms with E-state index in [1.54, 1.807) is 30.5 Å². The maximum Gasteiger partial charge on any atom is 0.242 e. The van der Waals surface area contributed by atoms with Gasteiger partial charge in [-0.3, -0.25) is 0 Å². The van der Waals surface area contributed by atoms with Gasteiger partial charge in [0.1, 0.15) is 18.2 Å². The second kappa shape index (κ2) is 6.28. The first-order chi connectivity index (χ1) is 9.91. The van der Waals surface area contributed by atoms with Crippen LogP contribution < -0.4 is 4.74 Å². The van der Waals surface area contributed by atoms with E-state index in [0.29, 0.717) is 18.9 Å². The van der Waals surface area contributed by atoms with E-state index in [9.17, 15) is 8.42 Å². The summed E-state index contributed by atoms with van der Waals surface area (Å²) in [5, 5.41) is 0. The fraction of sp³-hybridized carbons (Fsp3) is 0.357. The van der Waals surface area contributed by atoms with Gasteiger partial charge in [-0.05, 0) is 31.2 Å². The van der Waals surface area contributed by atoms with Gasteiger partial charge in [0.15, 0.2) is 0 Å². The van der Waals surface area contributed by atoms with Crippen molar-refractivity contribution in [2.75, 3.05) is 20.7 Å². The van der Waals surface area contributed by atoms with E-state index in [1.807, 2.05) is 17.7 Å². The van der Waals surface area contributed by atoms with Gasteiger partial charge in [0.2, 0.25) is 10.0 Å². The Labute approximate surface area is 125 Å². The summed E-state index contributed by atoms with van der Waals surface area (Å²) < 4.78 is 32.6. The molecule has 2 rings (SSSR count). The van der Waals surface area contributed by atoms with Gasteiger partial charge in [0.05, 0.1) is 11.4 Å².